The Hall–Kier alpha value is -3.28. The molecule has 3 aromatic rings. The highest BCUT2D eigenvalue weighted by atomic mass is 16.7. The van der Waals surface area contributed by atoms with E-state index >= 15 is 0 Å². The Labute approximate surface area is 171 Å². The molecule has 0 atom stereocenters. The highest BCUT2D eigenvalue weighted by Crippen LogP contribution is 2.33. The van der Waals surface area contributed by atoms with Crippen LogP contribution in [0.2, 0.25) is 0 Å². The van der Waals surface area contributed by atoms with Gasteiger partial charge < -0.3 is 20.1 Å². The van der Waals surface area contributed by atoms with Crippen LogP contribution in [0.3, 0.4) is 0 Å². The quantitative estimate of drug-likeness (QED) is 0.595. The van der Waals surface area contributed by atoms with E-state index in [9.17, 15) is 0 Å². The summed E-state index contributed by atoms with van der Waals surface area (Å²) in [5.74, 6) is 4.26. The minimum Gasteiger partial charge on any atom is -0.454 e. The number of rotatable bonds is 6. The van der Waals surface area contributed by atoms with E-state index in [0.717, 1.165) is 34.4 Å². The van der Waals surface area contributed by atoms with Gasteiger partial charge in [-0.15, -0.1) is 0 Å². The van der Waals surface area contributed by atoms with Crippen molar-refractivity contribution in [3.8, 4) is 11.5 Å². The van der Waals surface area contributed by atoms with Gasteiger partial charge in [0.15, 0.2) is 11.5 Å². The molecule has 1 aliphatic rings. The van der Waals surface area contributed by atoms with E-state index in [0.29, 0.717) is 18.3 Å². The highest BCUT2D eigenvalue weighted by Gasteiger charge is 2.14. The molecule has 2 heterocycles. The first kappa shape index (κ1) is 19.1. The molecule has 0 fully saturated rings. The molecule has 29 heavy (non-hydrogen) atoms. The van der Waals surface area contributed by atoms with E-state index in [2.05, 4.69) is 59.6 Å². The van der Waals surface area contributed by atoms with E-state index < -0.39 is 0 Å². The summed E-state index contributed by atoms with van der Waals surface area (Å²) in [5.41, 5.74) is 4.68. The number of ether oxygens (including phenoxy) is 2. The van der Waals surface area contributed by atoms with Gasteiger partial charge in [0.25, 0.3) is 0 Å². The van der Waals surface area contributed by atoms with E-state index in [1.165, 1.54) is 11.1 Å². The van der Waals surface area contributed by atoms with Crippen molar-refractivity contribution in [2.24, 2.45) is 0 Å². The molecule has 6 nitrogen and oxygen atoms in total. The zero-order chi connectivity index (χ0) is 20.4. The third kappa shape index (κ3) is 4.26. The van der Waals surface area contributed by atoms with Crippen LogP contribution < -0.4 is 20.1 Å². The number of aromatic nitrogens is 2. The Balaban J connectivity index is 1.53. The number of hydrogen-bond donors (Lipinski definition) is 2. The summed E-state index contributed by atoms with van der Waals surface area (Å²) in [4.78, 5) is 9.10. The SMILES string of the molecule is Cc1nc(NCc2ccc3c(c2)OCO3)cc(Nc2c(C)cccc2C(C)C)n1. The second kappa shape index (κ2) is 7.99. The number of nitrogens with zero attached hydrogens (tertiary/aromatic N) is 2. The molecule has 150 valence electrons. The average molecular weight is 390 g/mol. The van der Waals surface area contributed by atoms with E-state index in [4.69, 9.17) is 9.47 Å². The molecule has 0 bridgehead atoms. The lowest BCUT2D eigenvalue weighted by molar-refractivity contribution is 0.174. The smallest absolute Gasteiger partial charge is 0.231 e. The van der Waals surface area contributed by atoms with Gasteiger partial charge in [-0.05, 0) is 48.6 Å². The van der Waals surface area contributed by atoms with E-state index in [1.54, 1.807) is 0 Å². The summed E-state index contributed by atoms with van der Waals surface area (Å²) < 4.78 is 10.8. The molecular weight excluding hydrogens is 364 g/mol. The molecule has 4 rings (SSSR count). The van der Waals surface area contributed by atoms with Crippen LogP contribution in [0.1, 0.15) is 42.3 Å². The summed E-state index contributed by atoms with van der Waals surface area (Å²) in [6, 6.07) is 14.3. The number of benzene rings is 2. The Bertz CT molecular complexity index is 1030. The lowest BCUT2D eigenvalue weighted by atomic mass is 9.98. The second-order valence-corrected chi connectivity index (χ2v) is 7.55. The van der Waals surface area contributed by atoms with Crippen molar-refractivity contribution < 1.29 is 9.47 Å². The maximum absolute atomic E-state index is 5.45. The predicted molar refractivity (Wildman–Crippen MR) is 115 cm³/mol. The van der Waals surface area contributed by atoms with Crippen LogP contribution in [0.4, 0.5) is 17.3 Å². The molecule has 0 spiro atoms. The first-order chi connectivity index (χ1) is 14.0. The zero-order valence-electron chi connectivity index (χ0n) is 17.2. The van der Waals surface area contributed by atoms with Crippen molar-refractivity contribution >= 4 is 17.3 Å². The maximum Gasteiger partial charge on any atom is 0.231 e. The van der Waals surface area contributed by atoms with Gasteiger partial charge in [0, 0.05) is 18.3 Å². The summed E-state index contributed by atoms with van der Waals surface area (Å²) in [6.45, 7) is 9.32. The van der Waals surface area contributed by atoms with Crippen LogP contribution in [-0.4, -0.2) is 16.8 Å². The standard InChI is InChI=1S/C23H26N4O2/c1-14(2)18-7-5-6-15(3)23(18)27-22-11-21(25-16(4)26-22)24-12-17-8-9-19-20(10-17)29-13-28-19/h5-11,14H,12-13H2,1-4H3,(H2,24,25,26,27). The largest absolute Gasteiger partial charge is 0.454 e. The molecule has 0 saturated heterocycles. The van der Waals surface area contributed by atoms with Gasteiger partial charge in [-0.3, -0.25) is 0 Å². The molecule has 0 unspecified atom stereocenters. The van der Waals surface area contributed by atoms with Crippen LogP contribution in [0.15, 0.2) is 42.5 Å². The number of nitrogens with one attached hydrogen (secondary N) is 2. The van der Waals surface area contributed by atoms with E-state index in [1.807, 2.05) is 31.2 Å². The Morgan fingerprint density at radius 1 is 0.966 bits per heavy atom. The first-order valence-corrected chi connectivity index (χ1v) is 9.84. The summed E-state index contributed by atoms with van der Waals surface area (Å²) in [6.07, 6.45) is 0. The summed E-state index contributed by atoms with van der Waals surface area (Å²) in [5, 5.41) is 6.89. The fourth-order valence-electron chi connectivity index (χ4n) is 3.44. The number of aryl methyl sites for hydroxylation is 2. The highest BCUT2D eigenvalue weighted by molar-refractivity contribution is 5.67. The van der Waals surface area contributed by atoms with Gasteiger partial charge in [0.05, 0.1) is 0 Å². The van der Waals surface area contributed by atoms with Crippen molar-refractivity contribution in [1.29, 1.82) is 0 Å². The molecule has 6 heteroatoms. The van der Waals surface area contributed by atoms with Gasteiger partial charge in [-0.25, -0.2) is 9.97 Å². The van der Waals surface area contributed by atoms with Gasteiger partial charge in [-0.1, -0.05) is 38.1 Å². The van der Waals surface area contributed by atoms with E-state index in [-0.39, 0.29) is 6.79 Å². The molecule has 0 amide bonds. The molecule has 2 aromatic carbocycles. The minimum atomic E-state index is 0.281. The van der Waals surface area contributed by atoms with Crippen LogP contribution >= 0.6 is 0 Å². The van der Waals surface area contributed by atoms with Crippen molar-refractivity contribution in [3.63, 3.8) is 0 Å². The minimum absolute atomic E-state index is 0.281. The van der Waals surface area contributed by atoms with Gasteiger partial charge >= 0.3 is 0 Å². The Kier molecular flexibility index (Phi) is 5.25. The van der Waals surface area contributed by atoms with Gasteiger partial charge in [-0.2, -0.15) is 0 Å². The van der Waals surface area contributed by atoms with Gasteiger partial charge in [0.2, 0.25) is 6.79 Å². The Morgan fingerprint density at radius 2 is 1.76 bits per heavy atom. The molecule has 0 aliphatic carbocycles. The molecule has 2 N–H and O–H groups in total. The number of para-hydroxylation sites is 1. The van der Waals surface area contributed by atoms with Crippen molar-refractivity contribution in [2.45, 2.75) is 40.2 Å². The topological polar surface area (TPSA) is 68.3 Å². The second-order valence-electron chi connectivity index (χ2n) is 7.55. The fraction of sp³-hybridized carbons (Fsp3) is 0.304. The van der Waals surface area contributed by atoms with Crippen molar-refractivity contribution in [2.75, 3.05) is 17.4 Å². The third-order valence-electron chi connectivity index (χ3n) is 4.93. The first-order valence-electron chi connectivity index (χ1n) is 9.84. The lowest BCUT2D eigenvalue weighted by Gasteiger charge is -2.17. The number of hydrogen-bond acceptors (Lipinski definition) is 6. The molecule has 1 aromatic heterocycles. The van der Waals surface area contributed by atoms with Crippen LogP contribution in [-0.2, 0) is 6.54 Å². The average Bonchev–Trinajstić information content (AvgIpc) is 3.15. The normalized spacial score (nSPS) is 12.3. The van der Waals surface area contributed by atoms with Crippen LogP contribution in [0, 0.1) is 13.8 Å². The monoisotopic (exact) mass is 390 g/mol. The number of fused-ring (bicyclic) bond motifs is 1. The van der Waals surface area contributed by atoms with Crippen LogP contribution in [0.25, 0.3) is 0 Å². The molecule has 1 aliphatic heterocycles. The zero-order valence-corrected chi connectivity index (χ0v) is 17.2. The molecule has 0 radical (unpaired) electrons. The lowest BCUT2D eigenvalue weighted by Crippen LogP contribution is -2.06. The predicted octanol–water partition coefficient (Wildman–Crippen LogP) is 5.30. The van der Waals surface area contributed by atoms with Gasteiger partial charge in [0.1, 0.15) is 17.5 Å². The molecular formula is C23H26N4O2. The Morgan fingerprint density at radius 3 is 2.59 bits per heavy atom. The van der Waals surface area contributed by atoms with Crippen molar-refractivity contribution in [3.05, 3.63) is 65.0 Å². The molecule has 0 saturated carbocycles. The third-order valence-corrected chi connectivity index (χ3v) is 4.93. The number of anilines is 3. The maximum atomic E-state index is 5.45. The fourth-order valence-corrected chi connectivity index (χ4v) is 3.44. The summed E-state index contributed by atoms with van der Waals surface area (Å²) >= 11 is 0. The summed E-state index contributed by atoms with van der Waals surface area (Å²) in [7, 11) is 0. The van der Waals surface area contributed by atoms with Crippen molar-refractivity contribution in [1.82, 2.24) is 9.97 Å². The van der Waals surface area contributed by atoms with Crippen LogP contribution in [0.5, 0.6) is 11.5 Å².